The van der Waals surface area contributed by atoms with Crippen molar-refractivity contribution in [2.75, 3.05) is 11.5 Å². The van der Waals surface area contributed by atoms with Gasteiger partial charge in [0.25, 0.3) is 0 Å². The fourth-order valence-electron chi connectivity index (χ4n) is 2.38. The zero-order valence-electron chi connectivity index (χ0n) is 15.7. The molecule has 2 aromatic rings. The highest BCUT2D eigenvalue weighted by Crippen LogP contribution is 2.17. The molecule has 136 valence electrons. The van der Waals surface area contributed by atoms with Crippen LogP contribution in [0, 0.1) is 5.92 Å². The molecule has 0 aromatic heterocycles. The first kappa shape index (κ1) is 20.4. The van der Waals surface area contributed by atoms with Crippen LogP contribution in [0.1, 0.15) is 43.0 Å². The van der Waals surface area contributed by atoms with Crippen LogP contribution in [-0.4, -0.2) is 11.5 Å². The standard InChI is InChI=1S/C22H30OS2/c1-4-24-16-21-9-5-19(6-10-21)13-23-14-20-7-11-22(12-8-20)17-25-15-18(2)3/h5-12,18H,4,13-17H2,1-3H3. The summed E-state index contributed by atoms with van der Waals surface area (Å²) in [4.78, 5) is 0. The van der Waals surface area contributed by atoms with Crippen LogP contribution in [0.25, 0.3) is 0 Å². The molecule has 0 unspecified atom stereocenters. The summed E-state index contributed by atoms with van der Waals surface area (Å²) in [5.74, 6) is 5.35. The van der Waals surface area contributed by atoms with E-state index >= 15 is 0 Å². The summed E-state index contributed by atoms with van der Waals surface area (Å²) in [5.41, 5.74) is 5.27. The first-order chi connectivity index (χ1) is 12.2. The van der Waals surface area contributed by atoms with Gasteiger partial charge in [0.1, 0.15) is 0 Å². The third-order valence-electron chi connectivity index (χ3n) is 3.78. The maximum absolute atomic E-state index is 5.87. The molecule has 3 heteroatoms. The summed E-state index contributed by atoms with van der Waals surface area (Å²) in [7, 11) is 0. The molecule has 0 N–H and O–H groups in total. The van der Waals surface area contributed by atoms with Gasteiger partial charge in [-0.1, -0.05) is 69.3 Å². The third-order valence-corrected chi connectivity index (χ3v) is 6.16. The van der Waals surface area contributed by atoms with E-state index in [0.717, 1.165) is 17.4 Å². The number of hydrogen-bond donors (Lipinski definition) is 0. The molecule has 0 amide bonds. The van der Waals surface area contributed by atoms with E-state index < -0.39 is 0 Å². The summed E-state index contributed by atoms with van der Waals surface area (Å²) >= 11 is 3.97. The van der Waals surface area contributed by atoms with E-state index in [9.17, 15) is 0 Å². The Balaban J connectivity index is 1.70. The summed E-state index contributed by atoms with van der Waals surface area (Å²) < 4.78 is 5.87. The number of rotatable bonds is 11. The number of ether oxygens (including phenoxy) is 1. The first-order valence-electron chi connectivity index (χ1n) is 9.06. The quantitative estimate of drug-likeness (QED) is 0.441. The van der Waals surface area contributed by atoms with E-state index in [1.165, 1.54) is 33.8 Å². The molecule has 0 heterocycles. The second-order valence-corrected chi connectivity index (χ2v) is 8.98. The predicted octanol–water partition coefficient (Wildman–Crippen LogP) is 6.55. The van der Waals surface area contributed by atoms with Gasteiger partial charge in [-0.3, -0.25) is 0 Å². The molecule has 0 aliphatic heterocycles. The van der Waals surface area contributed by atoms with Crippen LogP contribution in [0.5, 0.6) is 0 Å². The second-order valence-electron chi connectivity index (χ2n) is 6.67. The summed E-state index contributed by atoms with van der Waals surface area (Å²) in [5, 5.41) is 0. The number of thioether (sulfide) groups is 2. The highest BCUT2D eigenvalue weighted by Gasteiger charge is 2.00. The van der Waals surface area contributed by atoms with E-state index in [1.54, 1.807) is 0 Å². The molecule has 2 aromatic carbocycles. The smallest absolute Gasteiger partial charge is 0.0721 e. The van der Waals surface area contributed by atoms with Gasteiger partial charge < -0.3 is 4.74 Å². The minimum absolute atomic E-state index is 0.673. The van der Waals surface area contributed by atoms with Crippen molar-refractivity contribution in [3.63, 3.8) is 0 Å². The molecule has 0 radical (unpaired) electrons. The van der Waals surface area contributed by atoms with Crippen molar-refractivity contribution in [3.05, 3.63) is 70.8 Å². The van der Waals surface area contributed by atoms with Gasteiger partial charge in [-0.15, -0.1) is 0 Å². The molecule has 0 fully saturated rings. The maximum atomic E-state index is 5.87. The monoisotopic (exact) mass is 374 g/mol. The lowest BCUT2D eigenvalue weighted by Crippen LogP contribution is -1.95. The van der Waals surface area contributed by atoms with Crippen molar-refractivity contribution in [1.82, 2.24) is 0 Å². The third kappa shape index (κ3) is 8.35. The van der Waals surface area contributed by atoms with Crippen LogP contribution in [0.4, 0.5) is 0 Å². The van der Waals surface area contributed by atoms with Crippen molar-refractivity contribution in [2.45, 2.75) is 45.5 Å². The van der Waals surface area contributed by atoms with Gasteiger partial charge in [-0.25, -0.2) is 0 Å². The van der Waals surface area contributed by atoms with Gasteiger partial charge in [-0.2, -0.15) is 23.5 Å². The van der Waals surface area contributed by atoms with E-state index in [2.05, 4.69) is 69.3 Å². The molecule has 0 saturated carbocycles. The molecule has 2 rings (SSSR count). The molecular formula is C22H30OS2. The van der Waals surface area contributed by atoms with Crippen molar-refractivity contribution >= 4 is 23.5 Å². The van der Waals surface area contributed by atoms with Crippen molar-refractivity contribution in [2.24, 2.45) is 5.92 Å². The van der Waals surface area contributed by atoms with Gasteiger partial charge in [0, 0.05) is 11.5 Å². The topological polar surface area (TPSA) is 9.23 Å². The zero-order chi connectivity index (χ0) is 17.9. The van der Waals surface area contributed by atoms with Gasteiger partial charge >= 0.3 is 0 Å². The van der Waals surface area contributed by atoms with Crippen LogP contribution in [0.15, 0.2) is 48.5 Å². The van der Waals surface area contributed by atoms with E-state index in [1.807, 2.05) is 23.5 Å². The van der Waals surface area contributed by atoms with E-state index in [-0.39, 0.29) is 0 Å². The fourth-order valence-corrected chi connectivity index (χ4v) is 4.03. The molecular weight excluding hydrogens is 344 g/mol. The van der Waals surface area contributed by atoms with Crippen LogP contribution in [0.3, 0.4) is 0 Å². The maximum Gasteiger partial charge on any atom is 0.0721 e. The molecule has 0 spiro atoms. The van der Waals surface area contributed by atoms with Gasteiger partial charge in [-0.05, 0) is 39.7 Å². The van der Waals surface area contributed by atoms with Crippen LogP contribution >= 0.6 is 23.5 Å². The van der Waals surface area contributed by atoms with Gasteiger partial charge in [0.2, 0.25) is 0 Å². The lowest BCUT2D eigenvalue weighted by Gasteiger charge is -2.08. The van der Waals surface area contributed by atoms with Crippen LogP contribution < -0.4 is 0 Å². The van der Waals surface area contributed by atoms with Crippen molar-refractivity contribution < 1.29 is 4.74 Å². The Kier molecular flexibility index (Phi) is 9.52. The zero-order valence-corrected chi connectivity index (χ0v) is 17.3. The van der Waals surface area contributed by atoms with Crippen LogP contribution in [0.2, 0.25) is 0 Å². The fraction of sp³-hybridized carbons (Fsp3) is 0.455. The van der Waals surface area contributed by atoms with E-state index in [4.69, 9.17) is 4.74 Å². The van der Waals surface area contributed by atoms with Crippen molar-refractivity contribution in [3.8, 4) is 0 Å². The summed E-state index contributed by atoms with van der Waals surface area (Å²) in [6.45, 7) is 8.08. The molecule has 25 heavy (non-hydrogen) atoms. The Morgan fingerprint density at radius 2 is 1.16 bits per heavy atom. The average Bonchev–Trinajstić information content (AvgIpc) is 2.62. The van der Waals surface area contributed by atoms with Crippen LogP contribution in [-0.2, 0) is 29.5 Å². The molecule has 0 aliphatic rings. The Labute approximate surface area is 161 Å². The molecule has 0 aliphatic carbocycles. The minimum Gasteiger partial charge on any atom is -0.372 e. The normalized spacial score (nSPS) is 11.2. The predicted molar refractivity (Wildman–Crippen MR) is 114 cm³/mol. The Hall–Kier alpha value is -0.900. The Morgan fingerprint density at radius 1 is 0.720 bits per heavy atom. The van der Waals surface area contributed by atoms with Crippen molar-refractivity contribution in [1.29, 1.82) is 0 Å². The minimum atomic E-state index is 0.673. The van der Waals surface area contributed by atoms with E-state index in [0.29, 0.717) is 13.2 Å². The van der Waals surface area contributed by atoms with Gasteiger partial charge in [0.05, 0.1) is 13.2 Å². The molecule has 1 nitrogen and oxygen atoms in total. The number of hydrogen-bond acceptors (Lipinski definition) is 3. The summed E-state index contributed by atoms with van der Waals surface area (Å²) in [6.07, 6.45) is 0. The lowest BCUT2D eigenvalue weighted by molar-refractivity contribution is 0.107. The van der Waals surface area contributed by atoms with Gasteiger partial charge in [0.15, 0.2) is 0 Å². The number of benzene rings is 2. The molecule has 0 bridgehead atoms. The first-order valence-corrected chi connectivity index (χ1v) is 11.4. The Bertz CT molecular complexity index is 590. The summed E-state index contributed by atoms with van der Waals surface area (Å²) in [6, 6.07) is 17.6. The molecule has 0 saturated heterocycles. The highest BCUT2D eigenvalue weighted by atomic mass is 32.2. The highest BCUT2D eigenvalue weighted by molar-refractivity contribution is 7.98. The largest absolute Gasteiger partial charge is 0.372 e. The average molecular weight is 375 g/mol. The SMILES string of the molecule is CCSCc1ccc(COCc2ccc(CSCC(C)C)cc2)cc1. The molecule has 0 atom stereocenters. The Morgan fingerprint density at radius 3 is 1.60 bits per heavy atom. The lowest BCUT2D eigenvalue weighted by atomic mass is 10.1. The second kappa shape index (κ2) is 11.7.